The van der Waals surface area contributed by atoms with E-state index in [0.29, 0.717) is 13.1 Å². The second-order valence-corrected chi connectivity index (χ2v) is 7.88. The molecule has 8 nitrogen and oxygen atoms in total. The van der Waals surface area contributed by atoms with Crippen LogP contribution in [-0.4, -0.2) is 22.5 Å². The molecule has 3 rings (SSSR count). The predicted molar refractivity (Wildman–Crippen MR) is 113 cm³/mol. The Morgan fingerprint density at radius 2 is 1.66 bits per heavy atom. The molecule has 0 bridgehead atoms. The largest absolute Gasteiger partial charge is 0.332 e. The lowest BCUT2D eigenvalue weighted by Gasteiger charge is -2.10. The summed E-state index contributed by atoms with van der Waals surface area (Å²) in [5.74, 6) is 0. The Hall–Kier alpha value is -2.52. The fraction of sp³-hybridized carbons (Fsp3) is 0.450. The van der Waals surface area contributed by atoms with Crippen molar-refractivity contribution in [3.05, 3.63) is 62.9 Å². The van der Waals surface area contributed by atoms with Crippen LogP contribution in [0.1, 0.15) is 45.1 Å². The van der Waals surface area contributed by atoms with E-state index in [1.807, 2.05) is 44.2 Å². The van der Waals surface area contributed by atoms with E-state index in [1.54, 1.807) is 0 Å². The average Bonchev–Trinajstić information content (AvgIpc) is 3.18. The van der Waals surface area contributed by atoms with Crippen molar-refractivity contribution in [1.82, 2.24) is 18.3 Å². The summed E-state index contributed by atoms with van der Waals surface area (Å²) in [5, 5.41) is 4.53. The zero-order chi connectivity index (χ0) is 20.8. The lowest BCUT2D eigenvalue weighted by Crippen LogP contribution is -2.40. The fourth-order valence-electron chi connectivity index (χ4n) is 3.02. The summed E-state index contributed by atoms with van der Waals surface area (Å²) < 4.78 is 21.8. The van der Waals surface area contributed by atoms with Gasteiger partial charge in [0.1, 0.15) is 5.39 Å². The minimum absolute atomic E-state index is 0.146. The van der Waals surface area contributed by atoms with Gasteiger partial charge in [0.25, 0.3) is 16.8 Å². The highest BCUT2D eigenvalue weighted by atomic mass is 32.2. The Kier molecular flexibility index (Phi) is 7.16. The minimum atomic E-state index is -1.92. The molecule has 0 spiro atoms. The molecular formula is C20H26N4O4S. The van der Waals surface area contributed by atoms with Crippen molar-refractivity contribution in [2.45, 2.75) is 59.2 Å². The molecule has 0 aliphatic rings. The molecule has 2 heterocycles. The van der Waals surface area contributed by atoms with Crippen molar-refractivity contribution >= 4 is 22.3 Å². The molecule has 1 aromatic carbocycles. The quantitative estimate of drug-likeness (QED) is 0.505. The first-order valence-electron chi connectivity index (χ1n) is 9.89. The Bertz CT molecular complexity index is 1100. The van der Waals surface area contributed by atoms with Crippen molar-refractivity contribution in [2.24, 2.45) is 0 Å². The Labute approximate surface area is 171 Å². The highest BCUT2D eigenvalue weighted by Crippen LogP contribution is 2.10. The summed E-state index contributed by atoms with van der Waals surface area (Å²) in [6.07, 6.45) is 4.68. The first kappa shape index (κ1) is 21.2. The van der Waals surface area contributed by atoms with Crippen molar-refractivity contribution in [3.8, 4) is 0 Å². The number of aromatic nitrogens is 4. The van der Waals surface area contributed by atoms with Crippen LogP contribution in [0.5, 0.6) is 0 Å². The van der Waals surface area contributed by atoms with Crippen LogP contribution in [0, 0.1) is 0 Å². The smallest absolute Gasteiger partial charge is 0.276 e. The van der Waals surface area contributed by atoms with Crippen LogP contribution in [0.4, 0.5) is 0 Å². The summed E-state index contributed by atoms with van der Waals surface area (Å²) in [6.45, 7) is 4.99. The van der Waals surface area contributed by atoms with Gasteiger partial charge in [-0.25, -0.2) is 9.00 Å². The number of benzene rings is 1. The van der Waals surface area contributed by atoms with Gasteiger partial charge in [-0.3, -0.25) is 18.1 Å². The third-order valence-corrected chi connectivity index (χ3v) is 5.47. The molecular weight excluding hydrogens is 392 g/mol. The minimum Gasteiger partial charge on any atom is -0.276 e. The van der Waals surface area contributed by atoms with Gasteiger partial charge in [0.2, 0.25) is 0 Å². The zero-order valence-electron chi connectivity index (χ0n) is 16.7. The molecule has 0 amide bonds. The molecule has 0 saturated heterocycles. The summed E-state index contributed by atoms with van der Waals surface area (Å²) in [6, 6.07) is 9.36. The molecule has 1 atom stereocenters. The van der Waals surface area contributed by atoms with Gasteiger partial charge in [0, 0.05) is 13.1 Å². The van der Waals surface area contributed by atoms with Gasteiger partial charge >= 0.3 is 5.69 Å². The highest BCUT2D eigenvalue weighted by Gasteiger charge is 2.18. The van der Waals surface area contributed by atoms with Gasteiger partial charge in [0.05, 0.1) is 12.8 Å². The Morgan fingerprint density at radius 3 is 2.31 bits per heavy atom. The summed E-state index contributed by atoms with van der Waals surface area (Å²) in [7, 11) is 0. The number of aryl methyl sites for hydroxylation is 1. The van der Waals surface area contributed by atoms with Crippen LogP contribution in [0.2, 0.25) is 0 Å². The van der Waals surface area contributed by atoms with Gasteiger partial charge < -0.3 is 0 Å². The van der Waals surface area contributed by atoms with Gasteiger partial charge in [-0.2, -0.15) is 4.09 Å². The lowest BCUT2D eigenvalue weighted by molar-refractivity contribution is 0.331. The number of rotatable bonds is 10. The molecule has 1 unspecified atom stereocenters. The van der Waals surface area contributed by atoms with Crippen LogP contribution >= 0.6 is 0 Å². The molecule has 2 aromatic heterocycles. The number of hydrogen-bond acceptors (Lipinski definition) is 5. The third-order valence-electron chi connectivity index (χ3n) is 4.66. The monoisotopic (exact) mass is 418 g/mol. The molecule has 0 fully saturated rings. The molecule has 156 valence electrons. The Balaban J connectivity index is 1.98. The zero-order valence-corrected chi connectivity index (χ0v) is 17.6. The van der Waals surface area contributed by atoms with Crippen molar-refractivity contribution < 1.29 is 8.39 Å². The number of fused-ring (bicyclic) bond motifs is 1. The second-order valence-electron chi connectivity index (χ2n) is 6.83. The maximum Gasteiger partial charge on any atom is 0.332 e. The van der Waals surface area contributed by atoms with Crippen LogP contribution in [-0.2, 0) is 35.1 Å². The first-order chi connectivity index (χ1) is 14.1. The van der Waals surface area contributed by atoms with Crippen LogP contribution in [0.3, 0.4) is 0 Å². The molecule has 0 radical (unpaired) electrons. The van der Waals surface area contributed by atoms with E-state index in [2.05, 4.69) is 5.10 Å². The average molecular weight is 419 g/mol. The molecule has 29 heavy (non-hydrogen) atoms. The lowest BCUT2D eigenvalue weighted by atomic mass is 10.2. The van der Waals surface area contributed by atoms with Gasteiger partial charge in [-0.05, 0) is 18.4 Å². The fourth-order valence-corrected chi connectivity index (χ4v) is 3.70. The van der Waals surface area contributed by atoms with Gasteiger partial charge in [-0.15, -0.1) is 5.10 Å². The van der Waals surface area contributed by atoms with E-state index in [0.717, 1.165) is 35.3 Å². The maximum atomic E-state index is 12.9. The van der Waals surface area contributed by atoms with E-state index in [9.17, 15) is 13.8 Å². The van der Waals surface area contributed by atoms with Crippen LogP contribution < -0.4 is 11.2 Å². The molecule has 0 aliphatic heterocycles. The van der Waals surface area contributed by atoms with E-state index in [4.69, 9.17) is 4.18 Å². The second kappa shape index (κ2) is 9.80. The van der Waals surface area contributed by atoms with Crippen molar-refractivity contribution in [3.63, 3.8) is 0 Å². The summed E-state index contributed by atoms with van der Waals surface area (Å²) in [4.78, 5) is 25.7. The SMILES string of the molecule is CCCCn1c(=O)c2cn(S(=O)OCc3ccccc3)nc2n(CCCC)c1=O. The number of unbranched alkanes of at least 4 members (excludes halogenated alkanes) is 2. The highest BCUT2D eigenvalue weighted by molar-refractivity contribution is 7.78. The summed E-state index contributed by atoms with van der Waals surface area (Å²) in [5.41, 5.74) is 0.348. The number of hydrogen-bond donors (Lipinski definition) is 0. The van der Waals surface area contributed by atoms with Gasteiger partial charge in [0.15, 0.2) is 5.65 Å². The summed E-state index contributed by atoms with van der Waals surface area (Å²) >= 11 is -1.92. The normalized spacial score (nSPS) is 12.5. The number of nitrogens with zero attached hydrogens (tertiary/aromatic N) is 4. The van der Waals surface area contributed by atoms with E-state index < -0.39 is 16.8 Å². The molecule has 9 heteroatoms. The van der Waals surface area contributed by atoms with Crippen LogP contribution in [0.25, 0.3) is 11.0 Å². The topological polar surface area (TPSA) is 88.1 Å². The molecule has 0 saturated carbocycles. The molecule has 3 aromatic rings. The van der Waals surface area contributed by atoms with Crippen molar-refractivity contribution in [2.75, 3.05) is 0 Å². The first-order valence-corrected chi connectivity index (χ1v) is 10.9. The van der Waals surface area contributed by atoms with E-state index >= 15 is 0 Å². The van der Waals surface area contributed by atoms with E-state index in [1.165, 1.54) is 15.3 Å². The van der Waals surface area contributed by atoms with E-state index in [-0.39, 0.29) is 23.3 Å². The predicted octanol–water partition coefficient (Wildman–Crippen LogP) is 2.60. The van der Waals surface area contributed by atoms with Crippen molar-refractivity contribution in [1.29, 1.82) is 0 Å². The third kappa shape index (κ3) is 4.73. The van der Waals surface area contributed by atoms with Gasteiger partial charge in [-0.1, -0.05) is 57.0 Å². The molecule has 0 aliphatic carbocycles. The Morgan fingerprint density at radius 1 is 1.00 bits per heavy atom. The molecule has 0 N–H and O–H groups in total. The maximum absolute atomic E-state index is 12.9. The van der Waals surface area contributed by atoms with Crippen LogP contribution in [0.15, 0.2) is 46.1 Å². The standard InChI is InChI=1S/C20H26N4O4S/c1-3-5-12-22-18-17(19(25)23(20(22)26)13-6-4-2)14-24(21-18)29(27)28-15-16-10-8-7-9-11-16/h7-11,14H,3-6,12-13,15H2,1-2H3.